The third-order valence-electron chi connectivity index (χ3n) is 5.91. The fourth-order valence-electron chi connectivity index (χ4n) is 3.31. The van der Waals surface area contributed by atoms with Gasteiger partial charge in [-0.15, -0.1) is 0 Å². The maximum Gasteiger partial charge on any atom is 0.460 e. The molecule has 1 N–H and O–H groups in total. The smallest absolute Gasteiger partial charge is 0.381 e. The second kappa shape index (κ2) is 10.5. The summed E-state index contributed by atoms with van der Waals surface area (Å²) in [7, 11) is 0. The Morgan fingerprint density at radius 3 is 1.23 bits per heavy atom. The van der Waals surface area contributed by atoms with E-state index in [1.54, 1.807) is 0 Å². The van der Waals surface area contributed by atoms with E-state index in [-0.39, 0.29) is 11.6 Å². The van der Waals surface area contributed by atoms with Gasteiger partial charge in [0.15, 0.2) is 0 Å². The standard InChI is InChI=1S/C21H11F21N2/c22-12(23,11-8-10(43-6-7-44-11)9-4-2-1-3-5-9)13(24,25)14(26,27)15(28,29)16(30,31)17(32,33)18(34,35)19(36,37)20(38,39)21(40,41)42/h1-5,8,44H,6-7H2. The van der Waals surface area contributed by atoms with Crippen molar-refractivity contribution in [2.75, 3.05) is 13.1 Å². The second-order valence-electron chi connectivity index (χ2n) is 8.79. The van der Waals surface area contributed by atoms with Gasteiger partial charge in [0, 0.05) is 6.54 Å². The van der Waals surface area contributed by atoms with E-state index < -0.39 is 84.0 Å². The van der Waals surface area contributed by atoms with Crippen LogP contribution >= 0.6 is 0 Å². The van der Waals surface area contributed by atoms with Crippen LogP contribution in [0.5, 0.6) is 0 Å². The molecule has 23 heteroatoms. The molecule has 2 rings (SSSR count). The summed E-state index contributed by atoms with van der Waals surface area (Å²) in [6.45, 7) is -1.65. The number of aliphatic imine (C=N–C) groups is 1. The molecule has 0 spiro atoms. The van der Waals surface area contributed by atoms with Crippen LogP contribution < -0.4 is 5.32 Å². The van der Waals surface area contributed by atoms with E-state index in [0.29, 0.717) is 0 Å². The summed E-state index contributed by atoms with van der Waals surface area (Å²) < 4.78 is 286. The summed E-state index contributed by atoms with van der Waals surface area (Å²) in [6.07, 6.45) is -8.24. The van der Waals surface area contributed by atoms with Crippen molar-refractivity contribution in [2.24, 2.45) is 4.99 Å². The van der Waals surface area contributed by atoms with E-state index in [1.807, 2.05) is 0 Å². The average Bonchev–Trinajstić information content (AvgIpc) is 3.14. The fraction of sp³-hybridized carbons (Fsp3) is 0.571. The molecule has 0 aromatic heterocycles. The first-order valence-electron chi connectivity index (χ1n) is 10.9. The van der Waals surface area contributed by atoms with Gasteiger partial charge >= 0.3 is 59.5 Å². The maximum atomic E-state index is 14.7. The lowest BCUT2D eigenvalue weighted by Gasteiger charge is -2.44. The number of allylic oxidation sites excluding steroid dienone is 2. The van der Waals surface area contributed by atoms with Crippen molar-refractivity contribution in [3.63, 3.8) is 0 Å². The molecule has 0 bridgehead atoms. The van der Waals surface area contributed by atoms with Crippen molar-refractivity contribution < 1.29 is 92.2 Å². The molecule has 1 aliphatic rings. The molecule has 1 aromatic rings. The maximum absolute atomic E-state index is 14.7. The van der Waals surface area contributed by atoms with E-state index >= 15 is 0 Å². The lowest BCUT2D eigenvalue weighted by Crippen LogP contribution is -2.77. The van der Waals surface area contributed by atoms with Gasteiger partial charge in [0.25, 0.3) is 0 Å². The van der Waals surface area contributed by atoms with Crippen LogP contribution in [0.1, 0.15) is 5.56 Å². The molecule has 0 amide bonds. The molecule has 0 radical (unpaired) electrons. The second-order valence-corrected chi connectivity index (χ2v) is 8.79. The Hall–Kier alpha value is -3.04. The van der Waals surface area contributed by atoms with E-state index in [1.165, 1.54) is 23.5 Å². The highest BCUT2D eigenvalue weighted by molar-refractivity contribution is 6.09. The Morgan fingerprint density at radius 1 is 0.477 bits per heavy atom. The molecule has 2 nitrogen and oxygen atoms in total. The Morgan fingerprint density at radius 2 is 0.841 bits per heavy atom. The summed E-state index contributed by atoms with van der Waals surface area (Å²) in [5.41, 5.74) is -3.55. The van der Waals surface area contributed by atoms with Crippen LogP contribution in [0.25, 0.3) is 0 Å². The monoisotopic (exact) mass is 690 g/mol. The van der Waals surface area contributed by atoms with Gasteiger partial charge < -0.3 is 5.32 Å². The molecule has 0 saturated heterocycles. The minimum absolute atomic E-state index is 0.217. The number of hydrogen-bond donors (Lipinski definition) is 1. The number of hydrogen-bond acceptors (Lipinski definition) is 2. The number of alkyl halides is 21. The van der Waals surface area contributed by atoms with Crippen LogP contribution in [-0.2, 0) is 0 Å². The first kappa shape index (κ1) is 37.1. The fourth-order valence-corrected chi connectivity index (χ4v) is 3.31. The largest absolute Gasteiger partial charge is 0.460 e. The van der Waals surface area contributed by atoms with Gasteiger partial charge in [0.1, 0.15) is 0 Å². The lowest BCUT2D eigenvalue weighted by molar-refractivity contribution is -0.473. The number of rotatable bonds is 10. The molecular weight excluding hydrogens is 679 g/mol. The first-order valence-corrected chi connectivity index (χ1v) is 10.9. The van der Waals surface area contributed by atoms with Gasteiger partial charge in [-0.05, 0) is 11.6 Å². The molecule has 0 atom stereocenters. The molecule has 1 heterocycles. The highest BCUT2D eigenvalue weighted by Gasteiger charge is 2.98. The van der Waals surface area contributed by atoms with Crippen molar-refractivity contribution in [1.29, 1.82) is 0 Å². The minimum Gasteiger partial charge on any atom is -0.381 e. The molecule has 0 unspecified atom stereocenters. The van der Waals surface area contributed by atoms with Crippen molar-refractivity contribution >= 4 is 5.71 Å². The summed E-state index contributed by atoms with van der Waals surface area (Å²) in [4.78, 5) is 3.56. The Balaban J connectivity index is 2.69. The normalized spacial score (nSPS) is 17.5. The van der Waals surface area contributed by atoms with Gasteiger partial charge in [-0.25, -0.2) is 0 Å². The van der Waals surface area contributed by atoms with Gasteiger partial charge in [-0.2, -0.15) is 92.2 Å². The van der Waals surface area contributed by atoms with Crippen LogP contribution in [0.2, 0.25) is 0 Å². The van der Waals surface area contributed by atoms with Crippen molar-refractivity contribution in [2.45, 2.75) is 59.5 Å². The minimum atomic E-state index is -9.20. The Bertz CT molecular complexity index is 1260. The Labute approximate surface area is 229 Å². The molecule has 0 fully saturated rings. The highest BCUT2D eigenvalue weighted by Crippen LogP contribution is 2.66. The zero-order valence-electron chi connectivity index (χ0n) is 20.3. The van der Waals surface area contributed by atoms with E-state index in [2.05, 4.69) is 4.99 Å². The SMILES string of the molecule is FC(F)(F)C(F)(F)C(F)(F)C(F)(F)C(F)(F)C(F)(F)C(F)(F)C(F)(F)C(F)(F)C(F)(F)C1=CC(c2ccccc2)=NCCN1. The van der Waals surface area contributed by atoms with Gasteiger partial charge in [0.2, 0.25) is 0 Å². The molecule has 252 valence electrons. The lowest BCUT2D eigenvalue weighted by atomic mass is 9.85. The van der Waals surface area contributed by atoms with Gasteiger partial charge in [-0.1, -0.05) is 30.3 Å². The number of nitrogens with zero attached hydrogens (tertiary/aromatic N) is 1. The molecule has 0 aliphatic carbocycles. The van der Waals surface area contributed by atoms with Crippen molar-refractivity contribution in [3.05, 3.63) is 47.7 Å². The summed E-state index contributed by atoms with van der Waals surface area (Å²) >= 11 is 0. The number of halogens is 21. The quantitative estimate of drug-likeness (QED) is 0.246. The summed E-state index contributed by atoms with van der Waals surface area (Å²) in [6, 6.07) is 5.74. The topological polar surface area (TPSA) is 24.4 Å². The number of benzene rings is 1. The van der Waals surface area contributed by atoms with Crippen LogP contribution in [-0.4, -0.2) is 78.3 Å². The number of nitrogens with one attached hydrogen (secondary N) is 1. The first-order chi connectivity index (χ1) is 19.3. The molecule has 0 saturated carbocycles. The predicted molar refractivity (Wildman–Crippen MR) is 105 cm³/mol. The third kappa shape index (κ3) is 4.91. The van der Waals surface area contributed by atoms with Crippen molar-refractivity contribution in [1.82, 2.24) is 5.32 Å². The molecule has 1 aliphatic heterocycles. The van der Waals surface area contributed by atoms with Crippen LogP contribution in [0, 0.1) is 0 Å². The van der Waals surface area contributed by atoms with Gasteiger partial charge in [-0.3, -0.25) is 4.99 Å². The van der Waals surface area contributed by atoms with E-state index in [0.717, 1.165) is 12.1 Å². The van der Waals surface area contributed by atoms with Crippen molar-refractivity contribution in [3.8, 4) is 0 Å². The van der Waals surface area contributed by atoms with Crippen LogP contribution in [0.15, 0.2) is 47.1 Å². The van der Waals surface area contributed by atoms with E-state index in [9.17, 15) is 92.2 Å². The summed E-state index contributed by atoms with van der Waals surface area (Å²) in [5, 5.41) is 1.29. The predicted octanol–water partition coefficient (Wildman–Crippen LogP) is 8.24. The highest BCUT2D eigenvalue weighted by atomic mass is 19.4. The zero-order valence-corrected chi connectivity index (χ0v) is 20.3. The zero-order chi connectivity index (χ0) is 34.8. The van der Waals surface area contributed by atoms with E-state index in [4.69, 9.17) is 0 Å². The summed E-state index contributed by atoms with van der Waals surface area (Å²) in [5.74, 6) is -77.5. The molecule has 44 heavy (non-hydrogen) atoms. The third-order valence-corrected chi connectivity index (χ3v) is 5.91. The average molecular weight is 690 g/mol. The van der Waals surface area contributed by atoms with Crippen LogP contribution in [0.3, 0.4) is 0 Å². The molecule has 1 aromatic carbocycles. The van der Waals surface area contributed by atoms with Crippen LogP contribution in [0.4, 0.5) is 92.2 Å². The van der Waals surface area contributed by atoms with Gasteiger partial charge in [0.05, 0.1) is 18.0 Å². The Kier molecular flexibility index (Phi) is 8.88. The molecular formula is C21H11F21N2.